The van der Waals surface area contributed by atoms with E-state index in [1.165, 1.54) is 0 Å². The largest absolute Gasteiger partial charge is 0.398 e. The van der Waals surface area contributed by atoms with E-state index in [2.05, 4.69) is 10.1 Å². The molecular weight excluding hydrogens is 224 g/mol. The molecule has 0 aliphatic carbocycles. The van der Waals surface area contributed by atoms with Gasteiger partial charge in [0, 0.05) is 33.9 Å². The first kappa shape index (κ1) is 10.5. The number of nitrogens with one attached hydrogen (secondary N) is 2. The summed E-state index contributed by atoms with van der Waals surface area (Å²) in [6.07, 6.45) is 1.91. The topological polar surface area (TPSA) is 78.0 Å². The van der Waals surface area contributed by atoms with Crippen LogP contribution in [-0.4, -0.2) is 4.98 Å². The number of aromatic nitrogens is 1. The molecule has 0 spiro atoms. The van der Waals surface area contributed by atoms with Crippen LogP contribution < -0.4 is 5.73 Å². The van der Waals surface area contributed by atoms with Gasteiger partial charge in [-0.25, -0.2) is 5.53 Å². The number of nitrogens with zero attached hydrogens (tertiary/aromatic N) is 1. The summed E-state index contributed by atoms with van der Waals surface area (Å²) in [6, 6.07) is 13.4. The lowest BCUT2D eigenvalue weighted by atomic mass is 10.0. The molecule has 0 fully saturated rings. The minimum absolute atomic E-state index is 0.583. The lowest BCUT2D eigenvalue weighted by molar-refractivity contribution is 1.15. The predicted octanol–water partition coefficient (Wildman–Crippen LogP) is 4.08. The summed E-state index contributed by atoms with van der Waals surface area (Å²) in [6.45, 7) is 0. The molecule has 18 heavy (non-hydrogen) atoms. The molecule has 0 bridgehead atoms. The van der Waals surface area contributed by atoms with Gasteiger partial charge in [-0.3, -0.25) is 0 Å². The van der Waals surface area contributed by atoms with Crippen LogP contribution in [0.3, 0.4) is 0 Å². The van der Waals surface area contributed by atoms with Crippen molar-refractivity contribution in [2.75, 3.05) is 5.73 Å². The van der Waals surface area contributed by atoms with E-state index < -0.39 is 0 Å². The molecule has 4 nitrogen and oxygen atoms in total. The van der Waals surface area contributed by atoms with Crippen LogP contribution in [0.25, 0.3) is 22.0 Å². The Morgan fingerprint density at radius 1 is 1.06 bits per heavy atom. The summed E-state index contributed by atoms with van der Waals surface area (Å²) in [5.41, 5.74) is 17.3. The third kappa shape index (κ3) is 1.47. The minimum Gasteiger partial charge on any atom is -0.398 e. The van der Waals surface area contributed by atoms with Crippen molar-refractivity contribution in [2.24, 2.45) is 5.11 Å². The first-order valence-electron chi connectivity index (χ1n) is 5.63. The molecule has 0 aliphatic rings. The molecule has 3 aromatic rings. The zero-order chi connectivity index (χ0) is 12.5. The van der Waals surface area contributed by atoms with Crippen molar-refractivity contribution in [1.29, 1.82) is 5.53 Å². The summed E-state index contributed by atoms with van der Waals surface area (Å²) in [4.78, 5) is 3.21. The van der Waals surface area contributed by atoms with Gasteiger partial charge in [0.15, 0.2) is 0 Å². The normalized spacial score (nSPS) is 10.7. The van der Waals surface area contributed by atoms with Crippen molar-refractivity contribution in [3.8, 4) is 11.1 Å². The van der Waals surface area contributed by atoms with E-state index >= 15 is 0 Å². The number of anilines is 1. The third-order valence-electron chi connectivity index (χ3n) is 3.05. The van der Waals surface area contributed by atoms with Gasteiger partial charge in [0.1, 0.15) is 0 Å². The minimum atomic E-state index is 0.583. The van der Waals surface area contributed by atoms with Crippen molar-refractivity contribution in [2.45, 2.75) is 0 Å². The molecule has 0 radical (unpaired) electrons. The number of nitrogens with two attached hydrogens (primary N) is 1. The maximum absolute atomic E-state index is 7.25. The van der Waals surface area contributed by atoms with Gasteiger partial charge >= 0.3 is 0 Å². The summed E-state index contributed by atoms with van der Waals surface area (Å²) >= 11 is 0. The van der Waals surface area contributed by atoms with E-state index in [1.807, 2.05) is 36.5 Å². The van der Waals surface area contributed by atoms with Crippen LogP contribution >= 0.6 is 0 Å². The number of benzene rings is 2. The Kier molecular flexibility index (Phi) is 2.34. The van der Waals surface area contributed by atoms with Crippen LogP contribution in [0.1, 0.15) is 0 Å². The van der Waals surface area contributed by atoms with E-state index in [1.54, 1.807) is 12.1 Å². The highest BCUT2D eigenvalue weighted by atomic mass is 15.0. The number of rotatable bonds is 2. The van der Waals surface area contributed by atoms with Crippen molar-refractivity contribution < 1.29 is 0 Å². The lowest BCUT2D eigenvalue weighted by Crippen LogP contribution is -1.89. The highest BCUT2D eigenvalue weighted by molar-refractivity contribution is 6.01. The van der Waals surface area contributed by atoms with Crippen LogP contribution in [0.2, 0.25) is 0 Å². The highest BCUT2D eigenvalue weighted by Crippen LogP contribution is 2.38. The maximum atomic E-state index is 7.25. The number of para-hydroxylation sites is 1. The molecule has 2 aromatic carbocycles. The molecule has 0 saturated carbocycles. The van der Waals surface area contributed by atoms with E-state index in [4.69, 9.17) is 11.3 Å². The SMILES string of the molecule is N=Nc1cccc(N)c1-c1c[nH]c2ccccc12. The molecule has 0 amide bonds. The van der Waals surface area contributed by atoms with E-state index in [-0.39, 0.29) is 0 Å². The molecule has 4 heteroatoms. The van der Waals surface area contributed by atoms with Crippen LogP contribution in [-0.2, 0) is 0 Å². The van der Waals surface area contributed by atoms with Crippen LogP contribution in [0, 0.1) is 5.53 Å². The molecule has 88 valence electrons. The van der Waals surface area contributed by atoms with Crippen molar-refractivity contribution in [1.82, 2.24) is 4.98 Å². The lowest BCUT2D eigenvalue weighted by Gasteiger charge is -2.07. The average molecular weight is 236 g/mol. The van der Waals surface area contributed by atoms with Crippen LogP contribution in [0.5, 0.6) is 0 Å². The zero-order valence-corrected chi connectivity index (χ0v) is 9.64. The fourth-order valence-corrected chi connectivity index (χ4v) is 2.22. The highest BCUT2D eigenvalue weighted by Gasteiger charge is 2.12. The summed E-state index contributed by atoms with van der Waals surface area (Å²) < 4.78 is 0. The first-order chi connectivity index (χ1) is 8.81. The summed E-state index contributed by atoms with van der Waals surface area (Å²) in [7, 11) is 0. The quantitative estimate of drug-likeness (QED) is 0.455. The standard InChI is InChI=1S/C14H12N4/c15-11-5-3-7-13(18-16)14(11)10-8-17-12-6-2-1-4-9(10)12/h1-8,16-17H,15H2. The fourth-order valence-electron chi connectivity index (χ4n) is 2.22. The Labute approximate surface area is 104 Å². The second-order valence-electron chi connectivity index (χ2n) is 4.10. The van der Waals surface area contributed by atoms with E-state index in [0.29, 0.717) is 11.4 Å². The van der Waals surface area contributed by atoms with Gasteiger partial charge < -0.3 is 10.7 Å². The first-order valence-corrected chi connectivity index (χ1v) is 5.63. The van der Waals surface area contributed by atoms with Crippen molar-refractivity contribution >= 4 is 22.3 Å². The number of nitrogen functional groups attached to an aromatic ring is 1. The van der Waals surface area contributed by atoms with Crippen LogP contribution in [0.4, 0.5) is 11.4 Å². The molecule has 0 atom stereocenters. The average Bonchev–Trinajstić information content (AvgIpc) is 2.82. The Balaban J connectivity index is 2.36. The van der Waals surface area contributed by atoms with Crippen molar-refractivity contribution in [3.63, 3.8) is 0 Å². The van der Waals surface area contributed by atoms with Gasteiger partial charge in [-0.1, -0.05) is 24.3 Å². The fraction of sp³-hybridized carbons (Fsp3) is 0. The van der Waals surface area contributed by atoms with Crippen LogP contribution in [0.15, 0.2) is 53.8 Å². The second-order valence-corrected chi connectivity index (χ2v) is 4.10. The third-order valence-corrected chi connectivity index (χ3v) is 3.05. The van der Waals surface area contributed by atoms with Gasteiger partial charge in [-0.05, 0) is 18.2 Å². The number of hydrogen-bond acceptors (Lipinski definition) is 3. The molecule has 1 aromatic heterocycles. The summed E-state index contributed by atoms with van der Waals surface area (Å²) in [5.74, 6) is 0. The van der Waals surface area contributed by atoms with E-state index in [0.717, 1.165) is 22.0 Å². The number of aromatic amines is 1. The monoisotopic (exact) mass is 236 g/mol. The smallest absolute Gasteiger partial charge is 0.0949 e. The number of fused-ring (bicyclic) bond motifs is 1. The molecule has 0 aliphatic heterocycles. The van der Waals surface area contributed by atoms with Crippen molar-refractivity contribution in [3.05, 3.63) is 48.7 Å². The van der Waals surface area contributed by atoms with E-state index in [9.17, 15) is 0 Å². The molecular formula is C14H12N4. The molecule has 4 N–H and O–H groups in total. The molecule has 3 rings (SSSR count). The Morgan fingerprint density at radius 3 is 2.72 bits per heavy atom. The molecule has 0 saturated heterocycles. The van der Waals surface area contributed by atoms with Gasteiger partial charge in [0.2, 0.25) is 0 Å². The Hall–Kier alpha value is -2.62. The number of H-pyrrole nitrogens is 1. The molecule has 1 heterocycles. The Morgan fingerprint density at radius 2 is 1.89 bits per heavy atom. The van der Waals surface area contributed by atoms with Gasteiger partial charge in [-0.2, -0.15) is 5.11 Å². The van der Waals surface area contributed by atoms with Gasteiger partial charge in [0.05, 0.1) is 5.69 Å². The maximum Gasteiger partial charge on any atom is 0.0949 e. The predicted molar refractivity (Wildman–Crippen MR) is 73.0 cm³/mol. The summed E-state index contributed by atoms with van der Waals surface area (Å²) in [5, 5.41) is 4.63. The zero-order valence-electron chi connectivity index (χ0n) is 9.64. The number of hydrogen-bond donors (Lipinski definition) is 3. The van der Waals surface area contributed by atoms with Gasteiger partial charge in [-0.15, -0.1) is 0 Å². The second kappa shape index (κ2) is 4.00. The molecule has 0 unspecified atom stereocenters. The Bertz CT molecular complexity index is 727. The van der Waals surface area contributed by atoms with Gasteiger partial charge in [0.25, 0.3) is 0 Å².